The standard InChI is InChI=1S/C23H20N2O3S2/c1-2-27-23(26)22-21(29-19-8-4-3-7-18(19)24)17-10-9-16(12-20(17)30-22)28-14-15-6-5-11-25-13-15/h3-13H,2,14,24H2,1H3. The highest BCUT2D eigenvalue weighted by Gasteiger charge is 2.21. The number of pyridine rings is 1. The fourth-order valence-corrected chi connectivity index (χ4v) is 5.26. The third-order valence-corrected chi connectivity index (χ3v) is 6.82. The van der Waals surface area contributed by atoms with Crippen LogP contribution in [-0.2, 0) is 11.3 Å². The number of nitrogens with zero attached hydrogens (tertiary/aromatic N) is 1. The number of para-hydroxylation sites is 1. The molecule has 2 aromatic heterocycles. The lowest BCUT2D eigenvalue weighted by atomic mass is 10.2. The number of carbonyl (C=O) groups is 1. The van der Waals surface area contributed by atoms with Gasteiger partial charge in [-0.2, -0.15) is 0 Å². The molecule has 5 nitrogen and oxygen atoms in total. The molecule has 30 heavy (non-hydrogen) atoms. The number of esters is 1. The van der Waals surface area contributed by atoms with Crippen LogP contribution in [0.4, 0.5) is 5.69 Å². The highest BCUT2D eigenvalue weighted by atomic mass is 32.2. The average molecular weight is 437 g/mol. The summed E-state index contributed by atoms with van der Waals surface area (Å²) in [4.78, 5) is 19.0. The van der Waals surface area contributed by atoms with Gasteiger partial charge in [0.15, 0.2) is 0 Å². The lowest BCUT2D eigenvalue weighted by Gasteiger charge is -2.08. The van der Waals surface area contributed by atoms with E-state index in [9.17, 15) is 4.79 Å². The Balaban J connectivity index is 1.68. The maximum absolute atomic E-state index is 12.6. The van der Waals surface area contributed by atoms with Crippen molar-refractivity contribution in [1.29, 1.82) is 0 Å². The number of hydrogen-bond acceptors (Lipinski definition) is 7. The van der Waals surface area contributed by atoms with E-state index < -0.39 is 0 Å². The third-order valence-electron chi connectivity index (χ3n) is 4.34. The van der Waals surface area contributed by atoms with Crippen molar-refractivity contribution < 1.29 is 14.3 Å². The number of ether oxygens (including phenoxy) is 2. The minimum Gasteiger partial charge on any atom is -0.489 e. The maximum atomic E-state index is 12.6. The van der Waals surface area contributed by atoms with Gasteiger partial charge in [0.2, 0.25) is 0 Å². The first-order valence-corrected chi connectivity index (χ1v) is 11.1. The van der Waals surface area contributed by atoms with Crippen molar-refractivity contribution in [1.82, 2.24) is 4.98 Å². The molecule has 4 rings (SSSR count). The third kappa shape index (κ3) is 4.42. The summed E-state index contributed by atoms with van der Waals surface area (Å²) in [7, 11) is 0. The Bertz CT molecular complexity index is 1180. The monoisotopic (exact) mass is 436 g/mol. The molecular formula is C23H20N2O3S2. The van der Waals surface area contributed by atoms with Gasteiger partial charge in [0.1, 0.15) is 17.2 Å². The molecule has 2 heterocycles. The quantitative estimate of drug-likeness (QED) is 0.292. The first kappa shape index (κ1) is 20.3. The predicted molar refractivity (Wildman–Crippen MR) is 121 cm³/mol. The largest absolute Gasteiger partial charge is 0.489 e. The summed E-state index contributed by atoms with van der Waals surface area (Å²) < 4.78 is 12.2. The number of carbonyl (C=O) groups excluding carboxylic acids is 1. The molecular weight excluding hydrogens is 416 g/mol. The molecule has 0 aliphatic carbocycles. The second-order valence-electron chi connectivity index (χ2n) is 6.43. The number of nitrogens with two attached hydrogens (primary N) is 1. The Morgan fingerprint density at radius 1 is 1.17 bits per heavy atom. The van der Waals surface area contributed by atoms with Gasteiger partial charge in [0, 0.05) is 43.5 Å². The van der Waals surface area contributed by atoms with E-state index in [1.807, 2.05) is 54.6 Å². The van der Waals surface area contributed by atoms with Gasteiger partial charge in [0.25, 0.3) is 0 Å². The fourth-order valence-electron chi connectivity index (χ4n) is 2.91. The summed E-state index contributed by atoms with van der Waals surface area (Å²) in [6, 6.07) is 17.3. The lowest BCUT2D eigenvalue weighted by Crippen LogP contribution is -2.03. The Labute approximate surface area is 182 Å². The minimum absolute atomic E-state index is 0.324. The van der Waals surface area contributed by atoms with Crippen LogP contribution in [0.25, 0.3) is 10.1 Å². The van der Waals surface area contributed by atoms with Gasteiger partial charge in [-0.25, -0.2) is 4.79 Å². The molecule has 0 aliphatic rings. The molecule has 0 fully saturated rings. The van der Waals surface area contributed by atoms with Crippen molar-refractivity contribution >= 4 is 44.8 Å². The SMILES string of the molecule is CCOC(=O)c1sc2cc(OCc3cccnc3)ccc2c1Sc1ccccc1N. The van der Waals surface area contributed by atoms with Crippen LogP contribution in [-0.4, -0.2) is 17.6 Å². The van der Waals surface area contributed by atoms with Crippen LogP contribution >= 0.6 is 23.1 Å². The van der Waals surface area contributed by atoms with E-state index in [0.717, 1.165) is 31.2 Å². The molecule has 7 heteroatoms. The molecule has 0 amide bonds. The molecule has 2 aromatic carbocycles. The Morgan fingerprint density at radius 2 is 2.03 bits per heavy atom. The molecule has 0 radical (unpaired) electrons. The van der Waals surface area contributed by atoms with Crippen LogP contribution in [0, 0.1) is 0 Å². The highest BCUT2D eigenvalue weighted by molar-refractivity contribution is 8.00. The van der Waals surface area contributed by atoms with E-state index in [1.54, 1.807) is 19.3 Å². The summed E-state index contributed by atoms with van der Waals surface area (Å²) in [5.74, 6) is 0.410. The molecule has 0 saturated heterocycles. The van der Waals surface area contributed by atoms with E-state index in [4.69, 9.17) is 15.2 Å². The predicted octanol–water partition coefficient (Wildman–Crippen LogP) is 5.79. The summed E-state index contributed by atoms with van der Waals surface area (Å²) in [6.45, 7) is 2.55. The van der Waals surface area contributed by atoms with Gasteiger partial charge in [0.05, 0.1) is 6.61 Å². The molecule has 0 atom stereocenters. The normalized spacial score (nSPS) is 10.8. The number of anilines is 1. The maximum Gasteiger partial charge on any atom is 0.349 e. The van der Waals surface area contributed by atoms with Crippen LogP contribution in [0.1, 0.15) is 22.2 Å². The van der Waals surface area contributed by atoms with E-state index in [1.165, 1.54) is 23.1 Å². The average Bonchev–Trinajstić information content (AvgIpc) is 3.12. The van der Waals surface area contributed by atoms with Crippen LogP contribution in [0.2, 0.25) is 0 Å². The second kappa shape index (κ2) is 9.19. The van der Waals surface area contributed by atoms with Crippen molar-refractivity contribution in [2.24, 2.45) is 0 Å². The van der Waals surface area contributed by atoms with Crippen LogP contribution in [0.5, 0.6) is 5.75 Å². The number of fused-ring (bicyclic) bond motifs is 1. The van der Waals surface area contributed by atoms with Crippen molar-refractivity contribution in [2.75, 3.05) is 12.3 Å². The summed E-state index contributed by atoms with van der Waals surface area (Å²) in [5.41, 5.74) is 7.79. The first-order chi connectivity index (χ1) is 14.7. The van der Waals surface area contributed by atoms with Crippen molar-refractivity contribution in [3.8, 4) is 5.75 Å². The fraction of sp³-hybridized carbons (Fsp3) is 0.130. The van der Waals surface area contributed by atoms with Crippen LogP contribution < -0.4 is 10.5 Å². The zero-order valence-electron chi connectivity index (χ0n) is 16.3. The molecule has 4 aromatic rings. The summed E-state index contributed by atoms with van der Waals surface area (Å²) in [5, 5.41) is 0.977. The van der Waals surface area contributed by atoms with Gasteiger partial charge >= 0.3 is 5.97 Å². The molecule has 152 valence electrons. The lowest BCUT2D eigenvalue weighted by molar-refractivity contribution is 0.0528. The smallest absolute Gasteiger partial charge is 0.349 e. The van der Waals surface area contributed by atoms with Crippen molar-refractivity contribution in [3.63, 3.8) is 0 Å². The van der Waals surface area contributed by atoms with Gasteiger partial charge in [-0.1, -0.05) is 30.0 Å². The number of thiophene rings is 1. The van der Waals surface area contributed by atoms with E-state index in [0.29, 0.717) is 23.8 Å². The Morgan fingerprint density at radius 3 is 2.80 bits per heavy atom. The van der Waals surface area contributed by atoms with Crippen molar-refractivity contribution in [3.05, 3.63) is 77.4 Å². The van der Waals surface area contributed by atoms with Gasteiger partial charge < -0.3 is 15.2 Å². The first-order valence-electron chi connectivity index (χ1n) is 9.43. The highest BCUT2D eigenvalue weighted by Crippen LogP contribution is 2.44. The second-order valence-corrected chi connectivity index (χ2v) is 8.53. The van der Waals surface area contributed by atoms with Gasteiger partial charge in [-0.05, 0) is 43.3 Å². The van der Waals surface area contributed by atoms with Crippen LogP contribution in [0.3, 0.4) is 0 Å². The number of nitrogen functional groups attached to an aromatic ring is 1. The minimum atomic E-state index is -0.325. The zero-order valence-corrected chi connectivity index (χ0v) is 18.0. The molecule has 0 unspecified atom stereocenters. The molecule has 0 spiro atoms. The molecule has 0 bridgehead atoms. The Kier molecular flexibility index (Phi) is 6.21. The summed E-state index contributed by atoms with van der Waals surface area (Å²) >= 11 is 2.89. The van der Waals surface area contributed by atoms with Crippen molar-refractivity contribution in [2.45, 2.75) is 23.3 Å². The zero-order chi connectivity index (χ0) is 20.9. The molecule has 2 N–H and O–H groups in total. The van der Waals surface area contributed by atoms with Gasteiger partial charge in [-0.15, -0.1) is 11.3 Å². The van der Waals surface area contributed by atoms with Crippen LogP contribution in [0.15, 0.2) is 76.8 Å². The van der Waals surface area contributed by atoms with E-state index >= 15 is 0 Å². The number of hydrogen-bond donors (Lipinski definition) is 1. The summed E-state index contributed by atoms with van der Waals surface area (Å²) in [6.07, 6.45) is 3.51. The topological polar surface area (TPSA) is 74.4 Å². The number of benzene rings is 2. The van der Waals surface area contributed by atoms with E-state index in [2.05, 4.69) is 4.98 Å². The molecule has 0 aliphatic heterocycles. The Hall–Kier alpha value is -3.03. The molecule has 0 saturated carbocycles. The number of rotatable bonds is 7. The van der Waals surface area contributed by atoms with Gasteiger partial charge in [-0.3, -0.25) is 4.98 Å². The number of aromatic nitrogens is 1. The van der Waals surface area contributed by atoms with E-state index in [-0.39, 0.29) is 5.97 Å².